The number of hydrogen-bond acceptors (Lipinski definition) is 6. The molecule has 0 unspecified atom stereocenters. The molecule has 1 aliphatic heterocycles. The summed E-state index contributed by atoms with van der Waals surface area (Å²) in [6, 6.07) is 18.3. The van der Waals surface area contributed by atoms with Crippen molar-refractivity contribution in [1.29, 1.82) is 0 Å². The number of carbonyl (C=O) groups is 2. The van der Waals surface area contributed by atoms with Crippen molar-refractivity contribution in [3.8, 4) is 11.3 Å². The molecule has 1 aromatic heterocycles. The number of rotatable bonds is 11. The van der Waals surface area contributed by atoms with E-state index in [2.05, 4.69) is 36.6 Å². The summed E-state index contributed by atoms with van der Waals surface area (Å²) in [5.74, 6) is 0.537. The van der Waals surface area contributed by atoms with Crippen molar-refractivity contribution in [2.45, 2.75) is 39.9 Å². The molecular formula is C29H39Cl2N5O3. The van der Waals surface area contributed by atoms with E-state index in [1.54, 1.807) is 23.2 Å². The Morgan fingerprint density at radius 1 is 1.00 bits per heavy atom. The topological polar surface area (TPSA) is 81.1 Å². The number of halogens is 2. The number of amides is 2. The van der Waals surface area contributed by atoms with Gasteiger partial charge in [-0.2, -0.15) is 0 Å². The standard InChI is InChI=1S/C29H37N5O3.2ClH/c1-21(2)30-13-14-33(20-29(36)32(4)34-18-24-8-5-6-9-25(24)19-34)28(35)17-31-26-16-23(12-11-22(26)3)27-10-7-15-37-27;;/h5-12,15-16,21,30-31H,13-14,17-20H2,1-4H3;2*1H. The fourth-order valence-corrected chi connectivity index (χ4v) is 4.42. The van der Waals surface area contributed by atoms with Crippen molar-refractivity contribution in [2.24, 2.45) is 0 Å². The van der Waals surface area contributed by atoms with Gasteiger partial charge in [0.2, 0.25) is 5.91 Å². The average Bonchev–Trinajstić information content (AvgIpc) is 3.57. The lowest BCUT2D eigenvalue weighted by atomic mass is 10.1. The van der Waals surface area contributed by atoms with Gasteiger partial charge in [0.15, 0.2) is 0 Å². The normalized spacial score (nSPS) is 12.3. The lowest BCUT2D eigenvalue weighted by molar-refractivity contribution is -0.151. The third-order valence-corrected chi connectivity index (χ3v) is 6.70. The Kier molecular flexibility index (Phi) is 12.3. The van der Waals surface area contributed by atoms with Crippen LogP contribution in [0.1, 0.15) is 30.5 Å². The van der Waals surface area contributed by atoms with Crippen LogP contribution in [-0.2, 0) is 22.7 Å². The first-order chi connectivity index (χ1) is 17.8. The van der Waals surface area contributed by atoms with E-state index in [-0.39, 0.29) is 49.7 Å². The fraction of sp³-hybridized carbons (Fsp3) is 0.379. The van der Waals surface area contributed by atoms with Crippen molar-refractivity contribution >= 4 is 42.3 Å². The zero-order valence-electron chi connectivity index (χ0n) is 23.0. The van der Waals surface area contributed by atoms with Gasteiger partial charge >= 0.3 is 0 Å². The lowest BCUT2D eigenvalue weighted by Crippen LogP contribution is -2.49. The first-order valence-electron chi connectivity index (χ1n) is 12.8. The predicted molar refractivity (Wildman–Crippen MR) is 160 cm³/mol. The third kappa shape index (κ3) is 8.47. The van der Waals surface area contributed by atoms with Gasteiger partial charge in [-0.1, -0.05) is 50.2 Å². The number of hydrogen-bond donors (Lipinski definition) is 2. The molecule has 8 nitrogen and oxygen atoms in total. The number of carbonyl (C=O) groups excluding carboxylic acids is 2. The summed E-state index contributed by atoms with van der Waals surface area (Å²) in [4.78, 5) is 28.2. The minimum absolute atomic E-state index is 0. The van der Waals surface area contributed by atoms with Crippen LogP contribution in [0.15, 0.2) is 65.3 Å². The first kappa shape index (κ1) is 32.2. The predicted octanol–water partition coefficient (Wildman–Crippen LogP) is 4.73. The molecule has 0 aliphatic carbocycles. The van der Waals surface area contributed by atoms with E-state index in [4.69, 9.17) is 4.42 Å². The van der Waals surface area contributed by atoms with Crippen LogP contribution in [0.5, 0.6) is 0 Å². The minimum atomic E-state index is -0.125. The number of nitrogens with one attached hydrogen (secondary N) is 2. The van der Waals surface area contributed by atoms with E-state index < -0.39 is 0 Å². The van der Waals surface area contributed by atoms with E-state index >= 15 is 0 Å². The molecule has 0 fully saturated rings. The summed E-state index contributed by atoms with van der Waals surface area (Å²) in [7, 11) is 1.78. The molecule has 3 aromatic rings. The van der Waals surface area contributed by atoms with E-state index in [9.17, 15) is 9.59 Å². The molecule has 0 saturated heterocycles. The summed E-state index contributed by atoms with van der Waals surface area (Å²) in [6.45, 7) is 8.68. The van der Waals surface area contributed by atoms with Gasteiger partial charge in [0, 0.05) is 50.5 Å². The van der Waals surface area contributed by atoms with Crippen LogP contribution in [0.4, 0.5) is 5.69 Å². The van der Waals surface area contributed by atoms with Crippen LogP contribution in [0.3, 0.4) is 0 Å². The van der Waals surface area contributed by atoms with Crippen molar-refractivity contribution in [2.75, 3.05) is 38.5 Å². The van der Waals surface area contributed by atoms with E-state index in [0.717, 1.165) is 22.6 Å². The van der Waals surface area contributed by atoms with E-state index in [0.29, 0.717) is 32.2 Å². The van der Waals surface area contributed by atoms with Gasteiger partial charge < -0.3 is 20.0 Å². The number of likely N-dealkylation sites (N-methyl/N-ethyl adjacent to an activating group) is 1. The Morgan fingerprint density at radius 2 is 1.69 bits per heavy atom. The lowest BCUT2D eigenvalue weighted by Gasteiger charge is -2.31. The average molecular weight is 577 g/mol. The quantitative estimate of drug-likeness (QED) is 0.344. The summed E-state index contributed by atoms with van der Waals surface area (Å²) in [6.07, 6.45) is 1.64. The van der Waals surface area contributed by atoms with Gasteiger partial charge in [-0.25, -0.2) is 5.01 Å². The zero-order chi connectivity index (χ0) is 26.4. The first-order valence-corrected chi connectivity index (χ1v) is 12.8. The van der Waals surface area contributed by atoms with Crippen LogP contribution in [0, 0.1) is 6.92 Å². The van der Waals surface area contributed by atoms with Crippen LogP contribution >= 0.6 is 24.8 Å². The van der Waals surface area contributed by atoms with E-state index in [1.165, 1.54) is 11.1 Å². The molecule has 0 atom stereocenters. The molecule has 0 bridgehead atoms. The Balaban J connectivity index is 0.00000267. The molecule has 0 saturated carbocycles. The Hall–Kier alpha value is -3.04. The second-order valence-electron chi connectivity index (χ2n) is 9.79. The highest BCUT2D eigenvalue weighted by molar-refractivity contribution is 5.87. The second kappa shape index (κ2) is 14.9. The molecule has 2 amide bonds. The van der Waals surface area contributed by atoms with Gasteiger partial charge in [0.05, 0.1) is 12.8 Å². The maximum Gasteiger partial charge on any atom is 0.256 e. The smallest absolute Gasteiger partial charge is 0.256 e. The maximum atomic E-state index is 13.3. The fourth-order valence-electron chi connectivity index (χ4n) is 4.42. The van der Waals surface area contributed by atoms with Crippen molar-refractivity contribution in [3.63, 3.8) is 0 Å². The molecule has 1 aliphatic rings. The Morgan fingerprint density at radius 3 is 2.31 bits per heavy atom. The highest BCUT2D eigenvalue weighted by atomic mass is 35.5. The highest BCUT2D eigenvalue weighted by Gasteiger charge is 2.27. The number of fused-ring (bicyclic) bond motifs is 1. The van der Waals surface area contributed by atoms with Gasteiger partial charge in [-0.05, 0) is 41.8 Å². The molecule has 2 heterocycles. The molecular weight excluding hydrogens is 537 g/mol. The molecule has 2 aromatic carbocycles. The van der Waals surface area contributed by atoms with Gasteiger partial charge in [0.25, 0.3) is 5.91 Å². The molecule has 39 heavy (non-hydrogen) atoms. The Bertz CT molecular complexity index is 1190. The second-order valence-corrected chi connectivity index (χ2v) is 9.79. The zero-order valence-corrected chi connectivity index (χ0v) is 24.6. The number of anilines is 1. The van der Waals surface area contributed by atoms with Gasteiger partial charge in [-0.3, -0.25) is 14.6 Å². The monoisotopic (exact) mass is 575 g/mol. The minimum Gasteiger partial charge on any atom is -0.464 e. The number of aryl methyl sites for hydroxylation is 1. The van der Waals surface area contributed by atoms with Crippen LogP contribution in [0.25, 0.3) is 11.3 Å². The number of benzene rings is 2. The van der Waals surface area contributed by atoms with Crippen molar-refractivity contribution < 1.29 is 14.0 Å². The maximum absolute atomic E-state index is 13.3. The van der Waals surface area contributed by atoms with Crippen LogP contribution in [0.2, 0.25) is 0 Å². The number of hydrazine groups is 1. The molecule has 212 valence electrons. The molecule has 10 heteroatoms. The largest absolute Gasteiger partial charge is 0.464 e. The molecule has 0 radical (unpaired) electrons. The van der Waals surface area contributed by atoms with Crippen molar-refractivity contribution in [3.05, 3.63) is 77.6 Å². The third-order valence-electron chi connectivity index (χ3n) is 6.70. The van der Waals surface area contributed by atoms with E-state index in [1.807, 2.05) is 54.4 Å². The summed E-state index contributed by atoms with van der Waals surface area (Å²) in [5.41, 5.74) is 5.29. The van der Waals surface area contributed by atoms with Crippen molar-refractivity contribution in [1.82, 2.24) is 20.2 Å². The highest BCUT2D eigenvalue weighted by Crippen LogP contribution is 2.26. The van der Waals surface area contributed by atoms with Gasteiger partial charge in [0.1, 0.15) is 12.3 Å². The number of furan rings is 1. The molecule has 0 spiro atoms. The number of nitrogens with zero attached hydrogens (tertiary/aromatic N) is 3. The van der Waals surface area contributed by atoms with Gasteiger partial charge in [-0.15, -0.1) is 24.8 Å². The Labute approximate surface area is 243 Å². The van der Waals surface area contributed by atoms with Crippen LogP contribution in [-0.4, -0.2) is 66.0 Å². The molecule has 4 rings (SSSR count). The SMILES string of the molecule is Cc1ccc(-c2ccco2)cc1NCC(=O)N(CCNC(C)C)CC(=O)N(C)N1Cc2ccccc2C1.Cl.Cl. The van der Waals surface area contributed by atoms with Crippen LogP contribution < -0.4 is 10.6 Å². The summed E-state index contributed by atoms with van der Waals surface area (Å²) < 4.78 is 5.51. The summed E-state index contributed by atoms with van der Waals surface area (Å²) in [5, 5.41) is 10.3. The summed E-state index contributed by atoms with van der Waals surface area (Å²) >= 11 is 0. The molecule has 2 N–H and O–H groups in total.